The number of anilines is 1. The zero-order chi connectivity index (χ0) is 14.7. The molecule has 1 heterocycles. The summed E-state index contributed by atoms with van der Waals surface area (Å²) in [6.45, 7) is 8.04. The smallest absolute Gasteiger partial charge is 0.224 e. The molecule has 1 aromatic heterocycles. The van der Waals surface area contributed by atoms with Crippen LogP contribution in [0.5, 0.6) is 0 Å². The number of benzene rings is 1. The topological polar surface area (TPSA) is 46.9 Å². The van der Waals surface area contributed by atoms with Crippen LogP contribution in [0.15, 0.2) is 30.3 Å². The lowest BCUT2D eigenvalue weighted by atomic mass is 10.1. The fourth-order valence-corrected chi connectivity index (χ4v) is 2.21. The van der Waals surface area contributed by atoms with Gasteiger partial charge in [-0.15, -0.1) is 0 Å². The van der Waals surface area contributed by atoms with Crippen molar-refractivity contribution in [3.63, 3.8) is 0 Å². The Hall–Kier alpha value is -2.10. The lowest BCUT2D eigenvalue weighted by Crippen LogP contribution is -2.16. The number of carbonyl (C=O) groups is 1. The normalized spacial score (nSPS) is 10.8. The van der Waals surface area contributed by atoms with Crippen LogP contribution in [-0.2, 0) is 4.79 Å². The number of para-hydroxylation sites is 2. The molecule has 0 saturated heterocycles. The van der Waals surface area contributed by atoms with E-state index in [2.05, 4.69) is 10.4 Å². The Morgan fingerprint density at radius 2 is 2.00 bits per heavy atom. The molecule has 0 aliphatic carbocycles. The van der Waals surface area contributed by atoms with Crippen molar-refractivity contribution in [2.75, 3.05) is 5.32 Å². The highest BCUT2D eigenvalue weighted by molar-refractivity contribution is 5.92. The third-order valence-corrected chi connectivity index (χ3v) is 3.01. The summed E-state index contributed by atoms with van der Waals surface area (Å²) in [6, 6.07) is 9.76. The molecule has 1 amide bonds. The average molecular weight is 271 g/mol. The second-order valence-corrected chi connectivity index (χ2v) is 5.50. The molecule has 20 heavy (non-hydrogen) atoms. The molecule has 0 radical (unpaired) electrons. The molecule has 0 fully saturated rings. The molecule has 4 nitrogen and oxygen atoms in total. The highest BCUT2D eigenvalue weighted by Gasteiger charge is 2.11. The van der Waals surface area contributed by atoms with E-state index in [0.717, 1.165) is 22.8 Å². The van der Waals surface area contributed by atoms with Gasteiger partial charge in [-0.05, 0) is 38.0 Å². The van der Waals surface area contributed by atoms with Crippen molar-refractivity contribution in [1.29, 1.82) is 0 Å². The third-order valence-electron chi connectivity index (χ3n) is 3.01. The number of nitrogens with one attached hydrogen (secondary N) is 1. The van der Waals surface area contributed by atoms with Crippen LogP contribution in [-0.4, -0.2) is 15.7 Å². The second kappa shape index (κ2) is 5.90. The number of rotatable bonds is 4. The first kappa shape index (κ1) is 14.3. The van der Waals surface area contributed by atoms with Crippen LogP contribution in [0.25, 0.3) is 5.69 Å². The summed E-state index contributed by atoms with van der Waals surface area (Å²) < 4.78 is 1.86. The molecule has 0 unspecified atom stereocenters. The summed E-state index contributed by atoms with van der Waals surface area (Å²) in [6.07, 6.45) is 0.519. The van der Waals surface area contributed by atoms with Gasteiger partial charge >= 0.3 is 0 Å². The Kier molecular flexibility index (Phi) is 4.23. The minimum atomic E-state index is 0.0361. The summed E-state index contributed by atoms with van der Waals surface area (Å²) in [7, 11) is 0. The SMILES string of the molecule is Cc1cc(C)n(-c2ccccc2NC(=O)CC(C)C)n1. The maximum atomic E-state index is 12.0. The predicted molar refractivity (Wildman–Crippen MR) is 81.1 cm³/mol. The van der Waals surface area contributed by atoms with Gasteiger partial charge in [0.05, 0.1) is 17.1 Å². The molecular weight excluding hydrogens is 250 g/mol. The van der Waals surface area contributed by atoms with Crippen molar-refractivity contribution in [2.45, 2.75) is 34.1 Å². The molecule has 1 aromatic carbocycles. The minimum Gasteiger partial charge on any atom is -0.324 e. The number of amides is 1. The van der Waals surface area contributed by atoms with E-state index >= 15 is 0 Å². The standard InChI is InChI=1S/C16H21N3O/c1-11(2)9-16(20)17-14-7-5-6-8-15(14)19-13(4)10-12(3)18-19/h5-8,10-11H,9H2,1-4H3,(H,17,20). The van der Waals surface area contributed by atoms with Crippen LogP contribution in [0.4, 0.5) is 5.69 Å². The van der Waals surface area contributed by atoms with Gasteiger partial charge in [0, 0.05) is 12.1 Å². The van der Waals surface area contributed by atoms with Crippen molar-refractivity contribution in [2.24, 2.45) is 5.92 Å². The Morgan fingerprint density at radius 3 is 2.60 bits per heavy atom. The maximum Gasteiger partial charge on any atom is 0.224 e. The lowest BCUT2D eigenvalue weighted by molar-refractivity contribution is -0.116. The molecular formula is C16H21N3O. The fraction of sp³-hybridized carbons (Fsp3) is 0.375. The van der Waals surface area contributed by atoms with Gasteiger partial charge in [-0.2, -0.15) is 5.10 Å². The monoisotopic (exact) mass is 271 g/mol. The van der Waals surface area contributed by atoms with Crippen LogP contribution >= 0.6 is 0 Å². The number of hydrogen-bond donors (Lipinski definition) is 1. The summed E-state index contributed by atoms with van der Waals surface area (Å²) in [4.78, 5) is 12.0. The second-order valence-electron chi connectivity index (χ2n) is 5.50. The number of aryl methyl sites for hydroxylation is 2. The first-order valence-electron chi connectivity index (χ1n) is 6.90. The average Bonchev–Trinajstić information content (AvgIpc) is 2.68. The van der Waals surface area contributed by atoms with Crippen molar-refractivity contribution in [3.8, 4) is 5.69 Å². The van der Waals surface area contributed by atoms with Crippen molar-refractivity contribution >= 4 is 11.6 Å². The molecule has 0 bridgehead atoms. The van der Waals surface area contributed by atoms with Gasteiger partial charge in [0.15, 0.2) is 0 Å². The third kappa shape index (κ3) is 3.26. The lowest BCUT2D eigenvalue weighted by Gasteiger charge is -2.13. The van der Waals surface area contributed by atoms with Gasteiger partial charge in [0.1, 0.15) is 0 Å². The van der Waals surface area contributed by atoms with E-state index in [1.54, 1.807) is 0 Å². The minimum absolute atomic E-state index is 0.0361. The van der Waals surface area contributed by atoms with Crippen molar-refractivity contribution < 1.29 is 4.79 Å². The molecule has 1 N–H and O–H groups in total. The Bertz CT molecular complexity index is 614. The summed E-state index contributed by atoms with van der Waals surface area (Å²) >= 11 is 0. The van der Waals surface area contributed by atoms with E-state index in [1.807, 2.05) is 62.7 Å². The molecule has 0 atom stereocenters. The van der Waals surface area contributed by atoms with Crippen molar-refractivity contribution in [1.82, 2.24) is 9.78 Å². The Morgan fingerprint density at radius 1 is 1.30 bits per heavy atom. The molecule has 4 heteroatoms. The molecule has 0 spiro atoms. The van der Waals surface area contributed by atoms with Gasteiger partial charge in [-0.25, -0.2) is 4.68 Å². The van der Waals surface area contributed by atoms with Crippen LogP contribution in [0, 0.1) is 19.8 Å². The van der Waals surface area contributed by atoms with Gasteiger partial charge in [-0.3, -0.25) is 4.79 Å². The molecule has 2 aromatic rings. The summed E-state index contributed by atoms with van der Waals surface area (Å²) in [5.41, 5.74) is 3.71. The largest absolute Gasteiger partial charge is 0.324 e. The predicted octanol–water partition coefficient (Wildman–Crippen LogP) is 3.47. The maximum absolute atomic E-state index is 12.0. The van der Waals surface area contributed by atoms with Crippen molar-refractivity contribution in [3.05, 3.63) is 41.7 Å². The Balaban J connectivity index is 2.31. The molecule has 106 valence electrons. The summed E-state index contributed by atoms with van der Waals surface area (Å²) in [5.74, 6) is 0.379. The van der Waals surface area contributed by atoms with E-state index in [4.69, 9.17) is 0 Å². The van der Waals surface area contributed by atoms with E-state index in [-0.39, 0.29) is 5.91 Å². The van der Waals surface area contributed by atoms with Crippen LogP contribution < -0.4 is 5.32 Å². The van der Waals surface area contributed by atoms with E-state index < -0.39 is 0 Å². The fourth-order valence-electron chi connectivity index (χ4n) is 2.21. The van der Waals surface area contributed by atoms with E-state index in [9.17, 15) is 4.79 Å². The van der Waals surface area contributed by atoms with E-state index in [0.29, 0.717) is 12.3 Å². The van der Waals surface area contributed by atoms with Gasteiger partial charge in [-0.1, -0.05) is 26.0 Å². The zero-order valence-electron chi connectivity index (χ0n) is 12.5. The van der Waals surface area contributed by atoms with Gasteiger partial charge in [0.2, 0.25) is 5.91 Å². The molecule has 2 rings (SSSR count). The number of hydrogen-bond acceptors (Lipinski definition) is 2. The number of carbonyl (C=O) groups excluding carboxylic acids is 1. The molecule has 0 aliphatic rings. The first-order valence-corrected chi connectivity index (χ1v) is 6.90. The van der Waals surface area contributed by atoms with Gasteiger partial charge < -0.3 is 5.32 Å². The van der Waals surface area contributed by atoms with Crippen LogP contribution in [0.1, 0.15) is 31.7 Å². The highest BCUT2D eigenvalue weighted by Crippen LogP contribution is 2.22. The van der Waals surface area contributed by atoms with Crippen LogP contribution in [0.3, 0.4) is 0 Å². The number of nitrogens with zero attached hydrogens (tertiary/aromatic N) is 2. The zero-order valence-corrected chi connectivity index (χ0v) is 12.5. The Labute approximate surface area is 119 Å². The molecule has 0 aliphatic heterocycles. The van der Waals surface area contributed by atoms with Gasteiger partial charge in [0.25, 0.3) is 0 Å². The quantitative estimate of drug-likeness (QED) is 0.925. The van der Waals surface area contributed by atoms with E-state index in [1.165, 1.54) is 0 Å². The summed E-state index contributed by atoms with van der Waals surface area (Å²) in [5, 5.41) is 7.45. The van der Waals surface area contributed by atoms with Crippen LogP contribution in [0.2, 0.25) is 0 Å². The molecule has 0 saturated carbocycles. The number of aromatic nitrogens is 2. The highest BCUT2D eigenvalue weighted by atomic mass is 16.1. The first-order chi connectivity index (χ1) is 9.47.